The smallest absolute Gasteiger partial charge is 0.211 e. The Morgan fingerprint density at radius 3 is 2.80 bits per heavy atom. The van der Waals surface area contributed by atoms with E-state index in [1.165, 1.54) is 6.08 Å². The molecular formula is C7H12ClNO. The SMILES string of the molecule is CCCCCC(Cl)N=C=O. The number of carbonyl (C=O) groups excluding carboxylic acids is 1. The van der Waals surface area contributed by atoms with E-state index in [0.717, 1.165) is 25.7 Å². The molecule has 0 aromatic carbocycles. The number of unbranched alkanes of at least 4 members (excludes halogenated alkanes) is 2. The second-order valence-corrected chi connectivity index (χ2v) is 2.65. The van der Waals surface area contributed by atoms with Crippen molar-refractivity contribution in [3.63, 3.8) is 0 Å². The Kier molecular flexibility index (Phi) is 6.56. The summed E-state index contributed by atoms with van der Waals surface area (Å²) in [6, 6.07) is 0. The van der Waals surface area contributed by atoms with Crippen LogP contribution in [0.5, 0.6) is 0 Å². The van der Waals surface area contributed by atoms with E-state index >= 15 is 0 Å². The van der Waals surface area contributed by atoms with E-state index in [1.807, 2.05) is 0 Å². The van der Waals surface area contributed by atoms with Crippen LogP contribution in [0.15, 0.2) is 4.99 Å². The summed E-state index contributed by atoms with van der Waals surface area (Å²) in [5, 5.41) is 0. The molecule has 0 radical (unpaired) electrons. The van der Waals surface area contributed by atoms with Gasteiger partial charge in [-0.05, 0) is 6.42 Å². The third-order valence-electron chi connectivity index (χ3n) is 1.24. The van der Waals surface area contributed by atoms with Crippen LogP contribution in [0.2, 0.25) is 0 Å². The Hall–Kier alpha value is -0.330. The van der Waals surface area contributed by atoms with Crippen molar-refractivity contribution >= 4 is 17.7 Å². The van der Waals surface area contributed by atoms with E-state index < -0.39 is 0 Å². The lowest BCUT2D eigenvalue weighted by molar-refractivity contribution is 0.559. The van der Waals surface area contributed by atoms with Gasteiger partial charge in [0.15, 0.2) is 0 Å². The van der Waals surface area contributed by atoms with Crippen LogP contribution in [0, 0.1) is 0 Å². The molecule has 0 aromatic heterocycles. The van der Waals surface area contributed by atoms with Crippen LogP contribution in [0.25, 0.3) is 0 Å². The lowest BCUT2D eigenvalue weighted by Gasteiger charge is -1.98. The molecule has 10 heavy (non-hydrogen) atoms. The molecule has 0 aliphatic rings. The molecule has 0 rings (SSSR count). The summed E-state index contributed by atoms with van der Waals surface area (Å²) in [5.41, 5.74) is -0.357. The van der Waals surface area contributed by atoms with Crippen LogP contribution >= 0.6 is 11.6 Å². The number of hydrogen-bond donors (Lipinski definition) is 0. The van der Waals surface area contributed by atoms with Gasteiger partial charge in [0.2, 0.25) is 6.08 Å². The highest BCUT2D eigenvalue weighted by Gasteiger charge is 1.98. The van der Waals surface area contributed by atoms with E-state index in [4.69, 9.17) is 11.6 Å². The molecule has 0 bridgehead atoms. The molecule has 2 nitrogen and oxygen atoms in total. The van der Waals surface area contributed by atoms with Crippen LogP contribution in [0.4, 0.5) is 0 Å². The molecule has 1 atom stereocenters. The highest BCUT2D eigenvalue weighted by molar-refractivity contribution is 6.20. The highest BCUT2D eigenvalue weighted by atomic mass is 35.5. The first-order valence-corrected chi connectivity index (χ1v) is 3.96. The fraction of sp³-hybridized carbons (Fsp3) is 0.857. The van der Waals surface area contributed by atoms with Gasteiger partial charge in [0.05, 0.1) is 0 Å². The molecule has 0 fully saturated rings. The molecule has 0 amide bonds. The van der Waals surface area contributed by atoms with Gasteiger partial charge in [-0.15, -0.1) is 0 Å². The van der Waals surface area contributed by atoms with Crippen molar-refractivity contribution in [3.05, 3.63) is 0 Å². The standard InChI is InChI=1S/C7H12ClNO/c1-2-3-4-5-7(8)9-6-10/h7H,2-5H2,1H3. The quantitative estimate of drug-likeness (QED) is 0.200. The zero-order valence-corrected chi connectivity index (χ0v) is 6.90. The third kappa shape index (κ3) is 5.80. The Bertz CT molecular complexity index is 121. The lowest BCUT2D eigenvalue weighted by Crippen LogP contribution is -1.92. The zero-order valence-electron chi connectivity index (χ0n) is 6.14. The fourth-order valence-corrected chi connectivity index (χ4v) is 0.879. The summed E-state index contributed by atoms with van der Waals surface area (Å²) in [7, 11) is 0. The lowest BCUT2D eigenvalue weighted by atomic mass is 10.2. The predicted molar refractivity (Wildman–Crippen MR) is 41.9 cm³/mol. The molecule has 0 heterocycles. The number of hydrogen-bond acceptors (Lipinski definition) is 2. The van der Waals surface area contributed by atoms with Gasteiger partial charge in [-0.3, -0.25) is 0 Å². The maximum absolute atomic E-state index is 9.67. The second-order valence-electron chi connectivity index (χ2n) is 2.15. The van der Waals surface area contributed by atoms with Crippen molar-refractivity contribution in [2.24, 2.45) is 4.99 Å². The number of isocyanates is 1. The van der Waals surface area contributed by atoms with E-state index in [-0.39, 0.29) is 5.50 Å². The van der Waals surface area contributed by atoms with Crippen molar-refractivity contribution in [3.8, 4) is 0 Å². The van der Waals surface area contributed by atoms with Gasteiger partial charge in [0, 0.05) is 0 Å². The molecular weight excluding hydrogens is 150 g/mol. The first-order chi connectivity index (χ1) is 4.81. The summed E-state index contributed by atoms with van der Waals surface area (Å²) < 4.78 is 0. The Morgan fingerprint density at radius 1 is 1.60 bits per heavy atom. The van der Waals surface area contributed by atoms with Gasteiger partial charge >= 0.3 is 0 Å². The van der Waals surface area contributed by atoms with Crippen LogP contribution in [-0.4, -0.2) is 11.6 Å². The number of nitrogens with zero attached hydrogens (tertiary/aromatic N) is 1. The number of halogens is 1. The van der Waals surface area contributed by atoms with Crippen LogP contribution < -0.4 is 0 Å². The van der Waals surface area contributed by atoms with Crippen molar-refractivity contribution in [2.75, 3.05) is 0 Å². The minimum Gasteiger partial charge on any atom is -0.211 e. The summed E-state index contributed by atoms with van der Waals surface area (Å²) in [6.45, 7) is 2.12. The Morgan fingerprint density at radius 2 is 2.30 bits per heavy atom. The third-order valence-corrected chi connectivity index (χ3v) is 1.55. The molecule has 0 saturated carbocycles. The summed E-state index contributed by atoms with van der Waals surface area (Å²) in [5.74, 6) is 0. The molecule has 0 spiro atoms. The molecule has 0 aromatic rings. The summed E-state index contributed by atoms with van der Waals surface area (Å²) in [4.78, 5) is 13.0. The molecule has 1 unspecified atom stereocenters. The van der Waals surface area contributed by atoms with E-state index in [0.29, 0.717) is 0 Å². The zero-order chi connectivity index (χ0) is 7.82. The van der Waals surface area contributed by atoms with Gasteiger partial charge in [-0.25, -0.2) is 4.79 Å². The van der Waals surface area contributed by atoms with Gasteiger partial charge in [-0.2, -0.15) is 4.99 Å². The average Bonchev–Trinajstić information content (AvgIpc) is 1.89. The molecule has 0 N–H and O–H groups in total. The maximum Gasteiger partial charge on any atom is 0.236 e. The summed E-state index contributed by atoms with van der Waals surface area (Å²) in [6.07, 6.45) is 5.57. The van der Waals surface area contributed by atoms with Crippen LogP contribution in [-0.2, 0) is 4.79 Å². The largest absolute Gasteiger partial charge is 0.236 e. The minimum atomic E-state index is -0.357. The van der Waals surface area contributed by atoms with Crippen molar-refractivity contribution in [1.29, 1.82) is 0 Å². The van der Waals surface area contributed by atoms with Crippen molar-refractivity contribution < 1.29 is 4.79 Å². The van der Waals surface area contributed by atoms with Crippen LogP contribution in [0.1, 0.15) is 32.6 Å². The van der Waals surface area contributed by atoms with Crippen LogP contribution in [0.3, 0.4) is 0 Å². The number of aliphatic imine (C=N–C) groups is 1. The fourth-order valence-electron chi connectivity index (χ4n) is 0.685. The Labute approximate surface area is 66.3 Å². The van der Waals surface area contributed by atoms with Gasteiger partial charge < -0.3 is 0 Å². The molecule has 58 valence electrons. The molecule has 0 saturated heterocycles. The van der Waals surface area contributed by atoms with Crippen molar-refractivity contribution in [1.82, 2.24) is 0 Å². The normalized spacial score (nSPS) is 12.2. The topological polar surface area (TPSA) is 29.4 Å². The van der Waals surface area contributed by atoms with Crippen molar-refractivity contribution in [2.45, 2.75) is 38.1 Å². The second kappa shape index (κ2) is 6.79. The van der Waals surface area contributed by atoms with E-state index in [2.05, 4.69) is 11.9 Å². The molecule has 0 aliphatic carbocycles. The maximum atomic E-state index is 9.67. The summed E-state index contributed by atoms with van der Waals surface area (Å²) >= 11 is 5.59. The van der Waals surface area contributed by atoms with Gasteiger partial charge in [0.25, 0.3) is 0 Å². The first-order valence-electron chi connectivity index (χ1n) is 3.52. The predicted octanol–water partition coefficient (Wildman–Crippen LogP) is 2.47. The Balaban J connectivity index is 3.21. The monoisotopic (exact) mass is 161 g/mol. The van der Waals surface area contributed by atoms with Gasteiger partial charge in [0.1, 0.15) is 5.50 Å². The van der Waals surface area contributed by atoms with E-state index in [1.54, 1.807) is 0 Å². The molecule has 0 aliphatic heterocycles. The van der Waals surface area contributed by atoms with Gasteiger partial charge in [-0.1, -0.05) is 37.8 Å². The molecule has 3 heteroatoms. The number of rotatable bonds is 5. The number of alkyl halides is 1. The highest BCUT2D eigenvalue weighted by Crippen LogP contribution is 2.08. The average molecular weight is 162 g/mol. The minimum absolute atomic E-state index is 0.357. The van der Waals surface area contributed by atoms with E-state index in [9.17, 15) is 4.79 Å². The first kappa shape index (κ1) is 9.67.